The van der Waals surface area contributed by atoms with Crippen molar-refractivity contribution in [2.24, 2.45) is 5.73 Å². The molecule has 0 spiro atoms. The second-order valence-corrected chi connectivity index (χ2v) is 5.24. The van der Waals surface area contributed by atoms with E-state index in [1.54, 1.807) is 11.8 Å². The van der Waals surface area contributed by atoms with Gasteiger partial charge in [-0.3, -0.25) is 5.41 Å². The molecule has 1 heterocycles. The monoisotopic (exact) mass is 224 g/mol. The molecule has 0 aliphatic heterocycles. The number of nitrogens with two attached hydrogens (primary N) is 1. The summed E-state index contributed by atoms with van der Waals surface area (Å²) < 4.78 is 0. The van der Waals surface area contributed by atoms with Gasteiger partial charge < -0.3 is 5.73 Å². The van der Waals surface area contributed by atoms with Gasteiger partial charge in [-0.05, 0) is 19.4 Å². The van der Waals surface area contributed by atoms with Crippen molar-refractivity contribution in [3.63, 3.8) is 0 Å². The lowest BCUT2D eigenvalue weighted by molar-refractivity contribution is 0.869. The van der Waals surface area contributed by atoms with Crippen LogP contribution in [0.2, 0.25) is 0 Å². The lowest BCUT2D eigenvalue weighted by Crippen LogP contribution is -2.17. The molecule has 0 amide bonds. The number of nitrogens with zero attached hydrogens (tertiary/aromatic N) is 2. The van der Waals surface area contributed by atoms with Crippen molar-refractivity contribution in [1.29, 1.82) is 5.41 Å². The van der Waals surface area contributed by atoms with E-state index in [-0.39, 0.29) is 5.84 Å². The molecule has 0 radical (unpaired) electrons. The van der Waals surface area contributed by atoms with E-state index in [9.17, 15) is 0 Å². The van der Waals surface area contributed by atoms with Gasteiger partial charge in [-0.15, -0.1) is 16.9 Å². The van der Waals surface area contributed by atoms with Crippen LogP contribution in [0.3, 0.4) is 0 Å². The Morgan fingerprint density at radius 1 is 1.33 bits per heavy atom. The van der Waals surface area contributed by atoms with Crippen molar-refractivity contribution >= 4 is 17.6 Å². The van der Waals surface area contributed by atoms with Crippen molar-refractivity contribution in [1.82, 2.24) is 10.2 Å². The van der Waals surface area contributed by atoms with Crippen molar-refractivity contribution in [2.45, 2.75) is 38.0 Å². The molecule has 5 heteroatoms. The van der Waals surface area contributed by atoms with Crippen molar-refractivity contribution < 1.29 is 0 Å². The molecular formula is C10H16N4S. The number of nitrogen functional groups attached to an aromatic ring is 1. The van der Waals surface area contributed by atoms with Gasteiger partial charge in [-0.25, -0.2) is 0 Å². The maximum atomic E-state index is 7.55. The first kappa shape index (κ1) is 12.0. The Labute approximate surface area is 94.2 Å². The van der Waals surface area contributed by atoms with Crippen LogP contribution >= 0.6 is 11.8 Å². The van der Waals surface area contributed by atoms with Gasteiger partial charge >= 0.3 is 0 Å². The van der Waals surface area contributed by atoms with Crippen molar-refractivity contribution in [2.75, 3.05) is 0 Å². The molecular weight excluding hydrogens is 208 g/mol. The quantitative estimate of drug-likeness (QED) is 0.467. The van der Waals surface area contributed by atoms with Crippen molar-refractivity contribution in [3.05, 3.63) is 16.8 Å². The summed E-state index contributed by atoms with van der Waals surface area (Å²) in [5.41, 5.74) is 8.06. The fourth-order valence-corrected chi connectivity index (χ4v) is 2.13. The highest BCUT2D eigenvalue weighted by Gasteiger charge is 2.14. The Hall–Kier alpha value is -1.10. The maximum absolute atomic E-state index is 7.55. The zero-order valence-corrected chi connectivity index (χ0v) is 10.3. The number of nitrogens with one attached hydrogen (secondary N) is 1. The lowest BCUT2D eigenvalue weighted by Gasteiger charge is -2.12. The van der Waals surface area contributed by atoms with Gasteiger partial charge in [0.1, 0.15) is 10.9 Å². The van der Waals surface area contributed by atoms with E-state index >= 15 is 0 Å². The highest BCUT2D eigenvalue weighted by molar-refractivity contribution is 7.99. The zero-order valence-electron chi connectivity index (χ0n) is 9.46. The molecule has 0 aliphatic carbocycles. The third kappa shape index (κ3) is 2.68. The van der Waals surface area contributed by atoms with Crippen LogP contribution in [0.15, 0.2) is 5.03 Å². The Kier molecular flexibility index (Phi) is 3.68. The molecule has 0 fully saturated rings. The van der Waals surface area contributed by atoms with E-state index in [0.29, 0.717) is 5.25 Å². The van der Waals surface area contributed by atoms with Crippen LogP contribution in [-0.2, 0) is 0 Å². The molecule has 15 heavy (non-hydrogen) atoms. The smallest absolute Gasteiger partial charge is 0.130 e. The zero-order chi connectivity index (χ0) is 11.6. The highest BCUT2D eigenvalue weighted by Crippen LogP contribution is 2.26. The predicted octanol–water partition coefficient (Wildman–Crippen LogP) is 1.88. The largest absolute Gasteiger partial charge is 0.384 e. The molecule has 0 saturated heterocycles. The van der Waals surface area contributed by atoms with Gasteiger partial charge in [0, 0.05) is 5.25 Å². The number of amidine groups is 1. The van der Waals surface area contributed by atoms with Crippen LogP contribution in [0.25, 0.3) is 0 Å². The number of thioether (sulfide) groups is 1. The van der Waals surface area contributed by atoms with Crippen LogP contribution in [-0.4, -0.2) is 21.3 Å². The first-order chi connectivity index (χ1) is 6.93. The summed E-state index contributed by atoms with van der Waals surface area (Å²) in [7, 11) is 0. The summed E-state index contributed by atoms with van der Waals surface area (Å²) in [5, 5.41) is 16.9. The normalized spacial score (nSPS) is 10.7. The molecule has 0 aromatic carbocycles. The summed E-state index contributed by atoms with van der Waals surface area (Å²) in [6.45, 7) is 7.95. The fourth-order valence-electron chi connectivity index (χ4n) is 1.21. The van der Waals surface area contributed by atoms with E-state index in [1.807, 2.05) is 13.8 Å². The summed E-state index contributed by atoms with van der Waals surface area (Å²) >= 11 is 1.58. The molecule has 82 valence electrons. The highest BCUT2D eigenvalue weighted by atomic mass is 32.2. The minimum Gasteiger partial charge on any atom is -0.384 e. The van der Waals surface area contributed by atoms with Crippen LogP contribution < -0.4 is 5.73 Å². The van der Waals surface area contributed by atoms with E-state index in [2.05, 4.69) is 24.0 Å². The van der Waals surface area contributed by atoms with Gasteiger partial charge in [0.15, 0.2) is 0 Å². The number of aryl methyl sites for hydroxylation is 1. The van der Waals surface area contributed by atoms with Crippen LogP contribution in [0, 0.1) is 19.3 Å². The molecule has 0 unspecified atom stereocenters. The lowest BCUT2D eigenvalue weighted by atomic mass is 10.1. The van der Waals surface area contributed by atoms with Gasteiger partial charge in [-0.1, -0.05) is 13.8 Å². The second-order valence-electron chi connectivity index (χ2n) is 3.67. The van der Waals surface area contributed by atoms with Crippen LogP contribution in [0.5, 0.6) is 0 Å². The molecule has 1 aromatic heterocycles. The summed E-state index contributed by atoms with van der Waals surface area (Å²) in [4.78, 5) is 0. The first-order valence-electron chi connectivity index (χ1n) is 4.78. The molecule has 1 rings (SSSR count). The second kappa shape index (κ2) is 4.61. The topological polar surface area (TPSA) is 75.7 Å². The third-order valence-electron chi connectivity index (χ3n) is 2.04. The van der Waals surface area contributed by atoms with Gasteiger partial charge in [0.05, 0.1) is 11.3 Å². The molecule has 3 N–H and O–H groups in total. The van der Waals surface area contributed by atoms with E-state index < -0.39 is 0 Å². The van der Waals surface area contributed by atoms with Gasteiger partial charge in [0.2, 0.25) is 0 Å². The predicted molar refractivity (Wildman–Crippen MR) is 63.5 cm³/mol. The van der Waals surface area contributed by atoms with Gasteiger partial charge in [-0.2, -0.15) is 5.10 Å². The molecule has 1 aromatic rings. The maximum Gasteiger partial charge on any atom is 0.130 e. The fraction of sp³-hybridized carbons (Fsp3) is 0.500. The van der Waals surface area contributed by atoms with Crippen molar-refractivity contribution in [3.8, 4) is 0 Å². The Morgan fingerprint density at radius 2 is 1.93 bits per heavy atom. The minimum atomic E-state index is 0.0636. The minimum absolute atomic E-state index is 0.0636. The molecule has 0 atom stereocenters. The average Bonchev–Trinajstić information content (AvgIpc) is 2.10. The summed E-state index contributed by atoms with van der Waals surface area (Å²) in [6.07, 6.45) is 0. The van der Waals surface area contributed by atoms with Crippen LogP contribution in [0.1, 0.15) is 30.7 Å². The van der Waals surface area contributed by atoms with E-state index in [1.165, 1.54) is 0 Å². The first-order valence-corrected chi connectivity index (χ1v) is 5.66. The molecule has 4 nitrogen and oxygen atoms in total. The number of rotatable bonds is 3. The van der Waals surface area contributed by atoms with Gasteiger partial charge in [0.25, 0.3) is 0 Å². The standard InChI is InChI=1S/C10H16N4S/c1-5(2)15-10-8(9(11)12)6(3)7(4)13-14-10/h5H,1-4H3,(H3,11,12). The Balaban J connectivity index is 3.27. The van der Waals surface area contributed by atoms with E-state index in [0.717, 1.165) is 21.8 Å². The van der Waals surface area contributed by atoms with E-state index in [4.69, 9.17) is 11.1 Å². The SMILES string of the molecule is Cc1nnc(SC(C)C)c(C(=N)N)c1C. The Bertz CT molecular complexity index is 387. The number of hydrogen-bond donors (Lipinski definition) is 2. The number of aromatic nitrogens is 2. The molecule has 0 saturated carbocycles. The summed E-state index contributed by atoms with van der Waals surface area (Å²) in [6, 6.07) is 0. The number of hydrogen-bond acceptors (Lipinski definition) is 4. The van der Waals surface area contributed by atoms with Crippen LogP contribution in [0.4, 0.5) is 0 Å². The Morgan fingerprint density at radius 3 is 2.40 bits per heavy atom. The molecule has 0 bridgehead atoms. The molecule has 0 aliphatic rings. The summed E-state index contributed by atoms with van der Waals surface area (Å²) in [5.74, 6) is 0.0636. The third-order valence-corrected chi connectivity index (χ3v) is 3.02. The average molecular weight is 224 g/mol.